The molecule has 6 heteroatoms. The van der Waals surface area contributed by atoms with E-state index in [1.165, 1.54) is 23.5 Å². The summed E-state index contributed by atoms with van der Waals surface area (Å²) in [6.45, 7) is 1.84. The molecule has 0 aliphatic carbocycles. The molecule has 0 amide bonds. The number of carbonyl (C=O) groups is 1. The van der Waals surface area contributed by atoms with Gasteiger partial charge in [0.2, 0.25) is 0 Å². The number of rotatable bonds is 3. The van der Waals surface area contributed by atoms with E-state index in [1.54, 1.807) is 12.1 Å². The van der Waals surface area contributed by atoms with E-state index >= 15 is 0 Å². The van der Waals surface area contributed by atoms with Gasteiger partial charge in [-0.25, -0.2) is 9.18 Å². The topological polar surface area (TPSA) is 52.3 Å². The molecule has 1 aromatic carbocycles. The van der Waals surface area contributed by atoms with Crippen molar-refractivity contribution in [2.24, 2.45) is 0 Å². The predicted molar refractivity (Wildman–Crippen MR) is 76.7 cm³/mol. The number of ether oxygens (including phenoxy) is 1. The van der Waals surface area contributed by atoms with Gasteiger partial charge in [-0.2, -0.15) is 0 Å². The van der Waals surface area contributed by atoms with E-state index in [4.69, 9.17) is 10.5 Å². The first-order chi connectivity index (χ1) is 8.97. The Kier molecular flexibility index (Phi) is 4.21. The molecule has 0 bridgehead atoms. The summed E-state index contributed by atoms with van der Waals surface area (Å²) in [7, 11) is 0. The van der Waals surface area contributed by atoms with Gasteiger partial charge >= 0.3 is 5.97 Å². The molecule has 2 N–H and O–H groups in total. The van der Waals surface area contributed by atoms with Crippen molar-refractivity contribution in [3.8, 4) is 0 Å². The van der Waals surface area contributed by atoms with Crippen molar-refractivity contribution in [1.29, 1.82) is 0 Å². The zero-order valence-corrected chi connectivity index (χ0v) is 12.5. The van der Waals surface area contributed by atoms with Crippen molar-refractivity contribution >= 4 is 38.9 Å². The third-order valence-corrected chi connectivity index (χ3v) is 4.34. The van der Waals surface area contributed by atoms with E-state index in [2.05, 4.69) is 15.9 Å². The van der Waals surface area contributed by atoms with Crippen LogP contribution < -0.4 is 5.73 Å². The van der Waals surface area contributed by atoms with Gasteiger partial charge in [0.1, 0.15) is 17.3 Å². The summed E-state index contributed by atoms with van der Waals surface area (Å²) < 4.78 is 18.9. The molecule has 0 saturated carbocycles. The number of esters is 1. The fourth-order valence-corrected chi connectivity index (χ4v) is 2.66. The van der Waals surface area contributed by atoms with Crippen molar-refractivity contribution in [3.05, 3.63) is 49.9 Å². The van der Waals surface area contributed by atoms with E-state index in [9.17, 15) is 9.18 Å². The number of anilines is 1. The molecule has 0 fully saturated rings. The van der Waals surface area contributed by atoms with Crippen molar-refractivity contribution in [1.82, 2.24) is 0 Å². The van der Waals surface area contributed by atoms with Gasteiger partial charge in [0, 0.05) is 20.6 Å². The Bertz CT molecular complexity index is 608. The maximum Gasteiger partial charge on any atom is 0.348 e. The Balaban J connectivity index is 2.06. The second kappa shape index (κ2) is 5.71. The first-order valence-corrected chi connectivity index (χ1v) is 7.05. The van der Waals surface area contributed by atoms with E-state index in [1.807, 2.05) is 6.92 Å². The van der Waals surface area contributed by atoms with E-state index < -0.39 is 5.97 Å². The van der Waals surface area contributed by atoms with Gasteiger partial charge in [-0.3, -0.25) is 0 Å². The molecule has 1 heterocycles. The number of nitrogens with two attached hydrogens (primary N) is 1. The molecule has 0 unspecified atom stereocenters. The van der Waals surface area contributed by atoms with Gasteiger partial charge in [-0.1, -0.05) is 15.9 Å². The highest BCUT2D eigenvalue weighted by Crippen LogP contribution is 2.25. The van der Waals surface area contributed by atoms with Crippen molar-refractivity contribution in [3.63, 3.8) is 0 Å². The number of hydrogen-bond donors (Lipinski definition) is 1. The minimum Gasteiger partial charge on any atom is -0.457 e. The quantitative estimate of drug-likeness (QED) is 0.860. The molecule has 0 saturated heterocycles. The Labute approximate surface area is 122 Å². The molecule has 3 nitrogen and oxygen atoms in total. The number of halogens is 2. The summed E-state index contributed by atoms with van der Waals surface area (Å²) in [4.78, 5) is 13.1. The minimum atomic E-state index is -0.457. The third kappa shape index (κ3) is 3.33. The molecule has 100 valence electrons. The van der Waals surface area contributed by atoms with Gasteiger partial charge in [-0.15, -0.1) is 11.3 Å². The molecule has 1 aromatic heterocycles. The highest BCUT2D eigenvalue weighted by Gasteiger charge is 2.13. The van der Waals surface area contributed by atoms with E-state index in [0.29, 0.717) is 20.6 Å². The monoisotopic (exact) mass is 343 g/mol. The SMILES string of the molecule is Cc1sc(C(=O)OCc2cc(F)ccc2Br)cc1N. The number of aryl methyl sites for hydroxylation is 1. The standard InChI is InChI=1S/C13H11BrFNO2S/c1-7-11(16)5-12(19-7)13(17)18-6-8-4-9(15)2-3-10(8)14/h2-5H,6,16H2,1H3. The van der Waals surface area contributed by atoms with Gasteiger partial charge in [0.05, 0.1) is 0 Å². The summed E-state index contributed by atoms with van der Waals surface area (Å²) in [6.07, 6.45) is 0. The van der Waals surface area contributed by atoms with Gasteiger partial charge in [0.15, 0.2) is 0 Å². The number of thiophene rings is 1. The van der Waals surface area contributed by atoms with Crippen LogP contribution in [0, 0.1) is 12.7 Å². The van der Waals surface area contributed by atoms with Crippen LogP contribution in [0.1, 0.15) is 20.1 Å². The Morgan fingerprint density at radius 1 is 1.47 bits per heavy atom. The van der Waals surface area contributed by atoms with E-state index in [0.717, 1.165) is 4.88 Å². The van der Waals surface area contributed by atoms with Crippen LogP contribution in [-0.2, 0) is 11.3 Å². The molecule has 0 radical (unpaired) electrons. The highest BCUT2D eigenvalue weighted by atomic mass is 79.9. The van der Waals surface area contributed by atoms with Crippen LogP contribution in [0.15, 0.2) is 28.7 Å². The highest BCUT2D eigenvalue weighted by molar-refractivity contribution is 9.10. The second-order valence-electron chi connectivity index (χ2n) is 3.93. The molecular formula is C13H11BrFNO2S. The largest absolute Gasteiger partial charge is 0.457 e. The first kappa shape index (κ1) is 14.0. The van der Waals surface area contributed by atoms with Gasteiger partial charge in [0.25, 0.3) is 0 Å². The van der Waals surface area contributed by atoms with Gasteiger partial charge < -0.3 is 10.5 Å². The fraction of sp³-hybridized carbons (Fsp3) is 0.154. The smallest absolute Gasteiger partial charge is 0.348 e. The lowest BCUT2D eigenvalue weighted by atomic mass is 10.2. The molecule has 19 heavy (non-hydrogen) atoms. The third-order valence-electron chi connectivity index (χ3n) is 2.52. The van der Waals surface area contributed by atoms with Crippen LogP contribution in [-0.4, -0.2) is 5.97 Å². The lowest BCUT2D eigenvalue weighted by Gasteiger charge is -2.05. The maximum absolute atomic E-state index is 13.1. The number of carbonyl (C=O) groups excluding carboxylic acids is 1. The number of nitrogen functional groups attached to an aromatic ring is 1. The summed E-state index contributed by atoms with van der Waals surface area (Å²) in [5.74, 6) is -0.827. The van der Waals surface area contributed by atoms with Crippen LogP contribution in [0.5, 0.6) is 0 Å². The average molecular weight is 344 g/mol. The van der Waals surface area contributed by atoms with Crippen LogP contribution >= 0.6 is 27.3 Å². The Morgan fingerprint density at radius 2 is 2.21 bits per heavy atom. The van der Waals surface area contributed by atoms with Crippen molar-refractivity contribution < 1.29 is 13.9 Å². The van der Waals surface area contributed by atoms with Gasteiger partial charge in [-0.05, 0) is 31.2 Å². The van der Waals surface area contributed by atoms with E-state index in [-0.39, 0.29) is 12.4 Å². The normalized spacial score (nSPS) is 10.5. The lowest BCUT2D eigenvalue weighted by molar-refractivity contribution is 0.0477. The van der Waals surface area contributed by atoms with Crippen LogP contribution in [0.3, 0.4) is 0 Å². The van der Waals surface area contributed by atoms with Crippen LogP contribution in [0.4, 0.5) is 10.1 Å². The number of hydrogen-bond acceptors (Lipinski definition) is 4. The first-order valence-electron chi connectivity index (χ1n) is 5.44. The summed E-state index contributed by atoms with van der Waals surface area (Å²) in [5, 5.41) is 0. The fourth-order valence-electron chi connectivity index (χ4n) is 1.47. The molecule has 0 aliphatic heterocycles. The van der Waals surface area contributed by atoms with Crippen molar-refractivity contribution in [2.45, 2.75) is 13.5 Å². The van der Waals surface area contributed by atoms with Crippen LogP contribution in [0.2, 0.25) is 0 Å². The zero-order valence-electron chi connectivity index (χ0n) is 10.1. The summed E-state index contributed by atoms with van der Waals surface area (Å²) in [6, 6.07) is 5.82. The molecular weight excluding hydrogens is 333 g/mol. The summed E-state index contributed by atoms with van der Waals surface area (Å²) >= 11 is 4.56. The van der Waals surface area contributed by atoms with Crippen molar-refractivity contribution in [2.75, 3.05) is 5.73 Å². The molecule has 2 aromatic rings. The minimum absolute atomic E-state index is 0.00797. The Morgan fingerprint density at radius 3 is 2.84 bits per heavy atom. The predicted octanol–water partition coefficient (Wildman–Crippen LogP) is 3.90. The molecule has 0 spiro atoms. The molecule has 2 rings (SSSR count). The average Bonchev–Trinajstić information content (AvgIpc) is 2.70. The van der Waals surface area contributed by atoms with Crippen LogP contribution in [0.25, 0.3) is 0 Å². The second-order valence-corrected chi connectivity index (χ2v) is 6.04. The number of benzene rings is 1. The molecule has 0 atom stereocenters. The lowest BCUT2D eigenvalue weighted by Crippen LogP contribution is -2.04. The Hall–Kier alpha value is -1.40. The zero-order chi connectivity index (χ0) is 14.0. The maximum atomic E-state index is 13.1. The summed E-state index contributed by atoms with van der Waals surface area (Å²) in [5.41, 5.74) is 6.83. The molecule has 0 aliphatic rings.